The number of anilines is 1. The second-order valence-electron chi connectivity index (χ2n) is 5.81. The van der Waals surface area contributed by atoms with E-state index in [0.29, 0.717) is 17.3 Å². The van der Waals surface area contributed by atoms with Gasteiger partial charge in [-0.3, -0.25) is 4.79 Å². The van der Waals surface area contributed by atoms with Crippen LogP contribution in [0.5, 0.6) is 5.75 Å². The lowest BCUT2D eigenvalue weighted by Crippen LogP contribution is -2.25. The summed E-state index contributed by atoms with van der Waals surface area (Å²) in [6, 6.07) is 12.5. The zero-order chi connectivity index (χ0) is 18.7. The predicted octanol–water partition coefficient (Wildman–Crippen LogP) is 3.62. The number of rotatable bonds is 5. The van der Waals surface area contributed by atoms with Gasteiger partial charge in [-0.25, -0.2) is 0 Å². The topological polar surface area (TPSA) is 81.9 Å². The molecule has 3 rings (SSSR count). The van der Waals surface area contributed by atoms with E-state index in [9.17, 15) is 4.79 Å². The van der Waals surface area contributed by atoms with Crippen LogP contribution in [0.15, 0.2) is 46.9 Å². The van der Waals surface area contributed by atoms with Crippen LogP contribution in [-0.2, 0) is 4.79 Å². The summed E-state index contributed by atoms with van der Waals surface area (Å²) in [6.45, 7) is 3.66. The monoisotopic (exact) mass is 415 g/mol. The molecule has 1 N–H and O–H groups in total. The fourth-order valence-corrected chi connectivity index (χ4v) is 2.63. The highest BCUT2D eigenvalue weighted by atomic mass is 79.9. The number of benzene rings is 2. The number of ether oxygens (including phenoxy) is 1. The lowest BCUT2D eigenvalue weighted by atomic mass is 10.2. The van der Waals surface area contributed by atoms with Gasteiger partial charge in [0.1, 0.15) is 11.8 Å². The van der Waals surface area contributed by atoms with Gasteiger partial charge >= 0.3 is 0 Å². The Morgan fingerprint density at radius 1 is 1.23 bits per heavy atom. The number of hydrogen-bond acceptors (Lipinski definition) is 5. The van der Waals surface area contributed by atoms with E-state index < -0.39 is 6.04 Å². The van der Waals surface area contributed by atoms with Crippen molar-refractivity contribution in [3.8, 4) is 17.1 Å². The van der Waals surface area contributed by atoms with Gasteiger partial charge in [-0.1, -0.05) is 22.0 Å². The van der Waals surface area contributed by atoms with Crippen LogP contribution in [0.2, 0.25) is 0 Å². The molecule has 26 heavy (non-hydrogen) atoms. The van der Waals surface area contributed by atoms with Crippen LogP contribution in [-0.4, -0.2) is 33.2 Å². The molecule has 2 aromatic carbocycles. The van der Waals surface area contributed by atoms with E-state index in [-0.39, 0.29) is 5.91 Å². The molecule has 3 aromatic rings. The van der Waals surface area contributed by atoms with Crippen LogP contribution in [0.3, 0.4) is 0 Å². The molecule has 134 valence electrons. The average Bonchev–Trinajstić information content (AvgIpc) is 3.12. The number of hydrogen-bond donors (Lipinski definition) is 1. The van der Waals surface area contributed by atoms with Crippen LogP contribution in [0, 0.1) is 6.92 Å². The molecule has 0 spiro atoms. The maximum atomic E-state index is 12.6. The van der Waals surface area contributed by atoms with Crippen LogP contribution >= 0.6 is 15.9 Å². The summed E-state index contributed by atoms with van der Waals surface area (Å²) in [5.74, 6) is 0.803. The first-order chi connectivity index (χ1) is 12.5. The third-order valence-corrected chi connectivity index (χ3v) is 4.40. The van der Waals surface area contributed by atoms with E-state index in [1.165, 1.54) is 4.80 Å². The van der Waals surface area contributed by atoms with Crippen molar-refractivity contribution >= 4 is 27.5 Å². The fraction of sp³-hybridized carbons (Fsp3) is 0.222. The number of nitrogens with one attached hydrogen (secondary N) is 1. The normalized spacial score (nSPS) is 11.8. The number of tetrazole rings is 1. The van der Waals surface area contributed by atoms with Gasteiger partial charge < -0.3 is 10.1 Å². The molecule has 1 unspecified atom stereocenters. The lowest BCUT2D eigenvalue weighted by molar-refractivity contribution is -0.119. The summed E-state index contributed by atoms with van der Waals surface area (Å²) in [5.41, 5.74) is 2.45. The average molecular weight is 416 g/mol. The highest BCUT2D eigenvalue weighted by Crippen LogP contribution is 2.26. The molecule has 8 heteroatoms. The second-order valence-corrected chi connectivity index (χ2v) is 6.72. The third kappa shape index (κ3) is 3.91. The Labute approximate surface area is 159 Å². The highest BCUT2D eigenvalue weighted by molar-refractivity contribution is 9.10. The molecule has 1 aromatic heterocycles. The largest absolute Gasteiger partial charge is 0.495 e. The van der Waals surface area contributed by atoms with E-state index >= 15 is 0 Å². The van der Waals surface area contributed by atoms with Crippen molar-refractivity contribution in [3.63, 3.8) is 0 Å². The Morgan fingerprint density at radius 3 is 2.65 bits per heavy atom. The van der Waals surface area contributed by atoms with Crippen LogP contribution in [0.1, 0.15) is 18.5 Å². The number of aryl methyl sites for hydroxylation is 1. The number of halogens is 1. The first kappa shape index (κ1) is 18.1. The molecule has 0 fully saturated rings. The van der Waals surface area contributed by atoms with E-state index in [1.807, 2.05) is 49.4 Å². The quantitative estimate of drug-likeness (QED) is 0.687. The summed E-state index contributed by atoms with van der Waals surface area (Å²) in [7, 11) is 1.56. The number of carbonyl (C=O) groups excluding carboxylic acids is 1. The Balaban J connectivity index is 1.77. The summed E-state index contributed by atoms with van der Waals surface area (Å²) in [6.07, 6.45) is 0. The van der Waals surface area contributed by atoms with E-state index in [2.05, 4.69) is 36.7 Å². The molecular weight excluding hydrogens is 398 g/mol. The molecule has 0 aliphatic heterocycles. The number of carbonyl (C=O) groups is 1. The molecule has 1 amide bonds. The summed E-state index contributed by atoms with van der Waals surface area (Å²) in [4.78, 5) is 13.9. The van der Waals surface area contributed by atoms with Crippen LogP contribution in [0.4, 0.5) is 5.69 Å². The van der Waals surface area contributed by atoms with Crippen molar-refractivity contribution in [1.82, 2.24) is 20.2 Å². The van der Waals surface area contributed by atoms with Gasteiger partial charge in [0.25, 0.3) is 5.91 Å². The van der Waals surface area contributed by atoms with Crippen molar-refractivity contribution in [2.75, 3.05) is 12.4 Å². The van der Waals surface area contributed by atoms with Gasteiger partial charge in [-0.05, 0) is 61.0 Å². The van der Waals surface area contributed by atoms with Gasteiger partial charge in [-0.15, -0.1) is 10.2 Å². The molecule has 1 heterocycles. The van der Waals surface area contributed by atoms with Crippen molar-refractivity contribution in [2.24, 2.45) is 0 Å². The molecule has 0 aliphatic carbocycles. The molecule has 0 bridgehead atoms. The van der Waals surface area contributed by atoms with E-state index in [1.54, 1.807) is 14.0 Å². The number of methoxy groups -OCH3 is 1. The highest BCUT2D eigenvalue weighted by Gasteiger charge is 2.20. The molecule has 0 radical (unpaired) electrons. The smallest absolute Gasteiger partial charge is 0.250 e. The first-order valence-electron chi connectivity index (χ1n) is 7.99. The maximum Gasteiger partial charge on any atom is 0.250 e. The minimum Gasteiger partial charge on any atom is -0.495 e. The number of nitrogens with zero attached hydrogens (tertiary/aromatic N) is 4. The standard InChI is InChI=1S/C18H18BrN5O2/c1-11-4-9-16(26-3)15(10-11)20-18(25)12(2)24-22-17(21-23-24)13-5-7-14(19)8-6-13/h4-10,12H,1-3H3,(H,20,25). The van der Waals surface area contributed by atoms with Gasteiger partial charge in [0.15, 0.2) is 0 Å². The van der Waals surface area contributed by atoms with Crippen molar-refractivity contribution in [2.45, 2.75) is 19.9 Å². The molecular formula is C18H18BrN5O2. The number of aromatic nitrogens is 4. The Bertz CT molecular complexity index is 924. The van der Waals surface area contributed by atoms with Crippen molar-refractivity contribution in [1.29, 1.82) is 0 Å². The Morgan fingerprint density at radius 2 is 1.96 bits per heavy atom. The minimum atomic E-state index is -0.628. The van der Waals surface area contributed by atoms with Crippen molar-refractivity contribution in [3.05, 3.63) is 52.5 Å². The molecule has 1 atom stereocenters. The summed E-state index contributed by atoms with van der Waals surface area (Å²) < 4.78 is 6.26. The SMILES string of the molecule is COc1ccc(C)cc1NC(=O)C(C)n1nnc(-c2ccc(Br)cc2)n1. The Hall–Kier alpha value is -2.74. The van der Waals surface area contributed by atoms with Crippen LogP contribution in [0.25, 0.3) is 11.4 Å². The zero-order valence-corrected chi connectivity index (χ0v) is 16.2. The minimum absolute atomic E-state index is 0.256. The van der Waals surface area contributed by atoms with Gasteiger partial charge in [0.05, 0.1) is 12.8 Å². The molecule has 0 aliphatic rings. The van der Waals surface area contributed by atoms with Gasteiger partial charge in [-0.2, -0.15) is 4.80 Å². The fourth-order valence-electron chi connectivity index (χ4n) is 2.37. The molecule has 0 saturated carbocycles. The molecule has 7 nitrogen and oxygen atoms in total. The summed E-state index contributed by atoms with van der Waals surface area (Å²) >= 11 is 3.39. The lowest BCUT2D eigenvalue weighted by Gasteiger charge is -2.14. The zero-order valence-electron chi connectivity index (χ0n) is 14.6. The van der Waals surface area contributed by atoms with Crippen LogP contribution < -0.4 is 10.1 Å². The van der Waals surface area contributed by atoms with E-state index in [4.69, 9.17) is 4.74 Å². The van der Waals surface area contributed by atoms with Crippen molar-refractivity contribution < 1.29 is 9.53 Å². The van der Waals surface area contributed by atoms with Gasteiger partial charge in [0.2, 0.25) is 5.82 Å². The number of amides is 1. The maximum absolute atomic E-state index is 12.6. The summed E-state index contributed by atoms with van der Waals surface area (Å²) in [5, 5.41) is 15.2. The first-order valence-corrected chi connectivity index (χ1v) is 8.78. The van der Waals surface area contributed by atoms with E-state index in [0.717, 1.165) is 15.6 Å². The Kier molecular flexibility index (Phi) is 5.32. The molecule has 0 saturated heterocycles. The second kappa shape index (κ2) is 7.65. The third-order valence-electron chi connectivity index (χ3n) is 3.87. The van der Waals surface area contributed by atoms with Gasteiger partial charge in [0, 0.05) is 10.0 Å². The predicted molar refractivity (Wildman–Crippen MR) is 102 cm³/mol.